The first-order valence-electron chi connectivity index (χ1n) is 10.2. The molecule has 5 rings (SSSR count). The maximum atomic E-state index is 13.1. The van der Waals surface area contributed by atoms with Crippen LogP contribution in [0, 0.1) is 0 Å². The number of benzene rings is 2. The van der Waals surface area contributed by atoms with Crippen LogP contribution in [0.1, 0.15) is 28.9 Å². The number of hydrogen-bond acceptors (Lipinski definition) is 3. The van der Waals surface area contributed by atoms with Crippen molar-refractivity contribution in [3.63, 3.8) is 0 Å². The molecule has 1 N–H and O–H groups in total. The summed E-state index contributed by atoms with van der Waals surface area (Å²) in [6, 6.07) is 16.4. The lowest BCUT2D eigenvalue weighted by atomic mass is 10.0. The first-order valence-corrected chi connectivity index (χ1v) is 10.6. The molecule has 3 heterocycles. The zero-order valence-corrected chi connectivity index (χ0v) is 17.0. The van der Waals surface area contributed by atoms with Gasteiger partial charge < -0.3 is 14.6 Å². The number of carbonyl (C=O) groups is 1. The third-order valence-corrected chi connectivity index (χ3v) is 6.28. The summed E-state index contributed by atoms with van der Waals surface area (Å²) in [4.78, 5) is 15.5. The number of rotatable bonds is 4. The van der Waals surface area contributed by atoms with E-state index in [1.165, 1.54) is 5.56 Å². The molecule has 0 atom stereocenters. The molecule has 2 aromatic carbocycles. The second-order valence-electron chi connectivity index (χ2n) is 7.85. The molecule has 1 saturated heterocycles. The minimum atomic E-state index is -0.0216. The fraction of sp³-hybridized carbons (Fsp3) is 0.348. The Morgan fingerprint density at radius 1 is 1.10 bits per heavy atom. The van der Waals surface area contributed by atoms with E-state index in [1.807, 2.05) is 28.8 Å². The molecule has 1 aromatic heterocycles. The lowest BCUT2D eigenvalue weighted by Gasteiger charge is -2.32. The Labute approximate surface area is 175 Å². The van der Waals surface area contributed by atoms with Gasteiger partial charge in [-0.2, -0.15) is 0 Å². The maximum Gasteiger partial charge on any atom is 0.268 e. The average Bonchev–Trinajstić information content (AvgIpc) is 3.15. The van der Waals surface area contributed by atoms with Crippen LogP contribution in [0.4, 0.5) is 0 Å². The molecule has 0 aliphatic carbocycles. The number of carbonyl (C=O) groups excluding carboxylic acids is 1. The Balaban J connectivity index is 1.26. The molecule has 0 unspecified atom stereocenters. The summed E-state index contributed by atoms with van der Waals surface area (Å²) in [5, 5.41) is 4.78. The van der Waals surface area contributed by atoms with Crippen LogP contribution in [0.15, 0.2) is 48.5 Å². The molecule has 1 fully saturated rings. The highest BCUT2D eigenvalue weighted by Gasteiger charge is 2.26. The molecule has 29 heavy (non-hydrogen) atoms. The van der Waals surface area contributed by atoms with E-state index in [2.05, 4.69) is 34.5 Å². The molecule has 2 aliphatic rings. The van der Waals surface area contributed by atoms with Crippen molar-refractivity contribution < 1.29 is 9.53 Å². The summed E-state index contributed by atoms with van der Waals surface area (Å²) in [6.07, 6.45) is 1.93. The standard InChI is InChI=1S/C23H24ClN3O2/c24-19-6-7-21-22-18(19)14-20(27(22)12-13-29-21)23(28)25-17-8-10-26(11-9-17)15-16-4-2-1-3-5-16/h1-7,14,17H,8-13,15H2,(H,25,28). The molecule has 0 radical (unpaired) electrons. The number of likely N-dealkylation sites (tertiary alicyclic amines) is 1. The van der Waals surface area contributed by atoms with E-state index >= 15 is 0 Å². The van der Waals surface area contributed by atoms with Gasteiger partial charge in [-0.05, 0) is 36.6 Å². The quantitative estimate of drug-likeness (QED) is 0.706. The van der Waals surface area contributed by atoms with Crippen LogP contribution >= 0.6 is 11.6 Å². The normalized spacial score (nSPS) is 17.3. The lowest BCUT2D eigenvalue weighted by Crippen LogP contribution is -2.44. The fourth-order valence-corrected chi connectivity index (χ4v) is 4.64. The zero-order chi connectivity index (χ0) is 19.8. The van der Waals surface area contributed by atoms with E-state index in [0.717, 1.165) is 49.1 Å². The smallest absolute Gasteiger partial charge is 0.268 e. The van der Waals surface area contributed by atoms with E-state index in [4.69, 9.17) is 16.3 Å². The van der Waals surface area contributed by atoms with Crippen molar-refractivity contribution in [3.05, 3.63) is 64.8 Å². The van der Waals surface area contributed by atoms with Crippen molar-refractivity contribution in [2.45, 2.75) is 32.0 Å². The summed E-state index contributed by atoms with van der Waals surface area (Å²) in [6.45, 7) is 4.18. The van der Waals surface area contributed by atoms with Crippen LogP contribution in [0.2, 0.25) is 5.02 Å². The van der Waals surface area contributed by atoms with E-state index in [-0.39, 0.29) is 11.9 Å². The number of halogens is 1. The minimum Gasteiger partial charge on any atom is -0.490 e. The molecule has 2 aliphatic heterocycles. The van der Waals surface area contributed by atoms with Crippen molar-refractivity contribution in [3.8, 4) is 5.75 Å². The van der Waals surface area contributed by atoms with E-state index < -0.39 is 0 Å². The molecule has 0 bridgehead atoms. The predicted octanol–water partition coefficient (Wildman–Crippen LogP) is 4.08. The molecule has 6 heteroatoms. The average molecular weight is 410 g/mol. The second-order valence-corrected chi connectivity index (χ2v) is 8.25. The van der Waals surface area contributed by atoms with Gasteiger partial charge in [-0.1, -0.05) is 41.9 Å². The third kappa shape index (κ3) is 3.61. The van der Waals surface area contributed by atoms with Crippen molar-refractivity contribution in [2.75, 3.05) is 19.7 Å². The highest BCUT2D eigenvalue weighted by Crippen LogP contribution is 2.36. The van der Waals surface area contributed by atoms with Gasteiger partial charge in [-0.25, -0.2) is 0 Å². The molecule has 1 amide bonds. The van der Waals surface area contributed by atoms with Crippen LogP contribution in [-0.2, 0) is 13.1 Å². The Kier molecular flexibility index (Phi) is 4.94. The van der Waals surface area contributed by atoms with Gasteiger partial charge in [0.15, 0.2) is 0 Å². The van der Waals surface area contributed by atoms with Crippen LogP contribution in [0.25, 0.3) is 10.9 Å². The monoisotopic (exact) mass is 409 g/mol. The van der Waals surface area contributed by atoms with Gasteiger partial charge in [0.25, 0.3) is 5.91 Å². The van der Waals surface area contributed by atoms with Crippen molar-refractivity contribution in [2.24, 2.45) is 0 Å². The van der Waals surface area contributed by atoms with Gasteiger partial charge in [0.1, 0.15) is 18.1 Å². The highest BCUT2D eigenvalue weighted by atomic mass is 35.5. The summed E-state index contributed by atoms with van der Waals surface area (Å²) >= 11 is 6.37. The van der Waals surface area contributed by atoms with Gasteiger partial charge in [0.2, 0.25) is 0 Å². The summed E-state index contributed by atoms with van der Waals surface area (Å²) in [5.74, 6) is 0.774. The third-order valence-electron chi connectivity index (χ3n) is 5.95. The van der Waals surface area contributed by atoms with E-state index in [0.29, 0.717) is 23.9 Å². The van der Waals surface area contributed by atoms with Crippen LogP contribution < -0.4 is 10.1 Å². The molecule has 150 valence electrons. The van der Waals surface area contributed by atoms with Crippen LogP contribution in [0.3, 0.4) is 0 Å². The first-order chi connectivity index (χ1) is 14.2. The highest BCUT2D eigenvalue weighted by molar-refractivity contribution is 6.36. The Morgan fingerprint density at radius 3 is 2.69 bits per heavy atom. The summed E-state index contributed by atoms with van der Waals surface area (Å²) in [7, 11) is 0. The van der Waals surface area contributed by atoms with E-state index in [9.17, 15) is 4.79 Å². The van der Waals surface area contributed by atoms with Gasteiger partial charge in [-0.15, -0.1) is 0 Å². The van der Waals surface area contributed by atoms with Gasteiger partial charge in [-0.3, -0.25) is 9.69 Å². The number of nitrogens with zero attached hydrogens (tertiary/aromatic N) is 2. The lowest BCUT2D eigenvalue weighted by molar-refractivity contribution is 0.0898. The second kappa shape index (κ2) is 7.73. The topological polar surface area (TPSA) is 46.5 Å². The number of hydrogen-bond donors (Lipinski definition) is 1. The van der Waals surface area contributed by atoms with Gasteiger partial charge in [0.05, 0.1) is 17.1 Å². The van der Waals surface area contributed by atoms with Crippen LogP contribution in [-0.4, -0.2) is 41.1 Å². The number of ether oxygens (including phenoxy) is 1. The zero-order valence-electron chi connectivity index (χ0n) is 16.2. The minimum absolute atomic E-state index is 0.0216. The van der Waals surface area contributed by atoms with Crippen LogP contribution in [0.5, 0.6) is 5.75 Å². The molecular formula is C23H24ClN3O2. The molecular weight excluding hydrogens is 386 g/mol. The van der Waals surface area contributed by atoms with Gasteiger partial charge in [0, 0.05) is 31.1 Å². The van der Waals surface area contributed by atoms with Gasteiger partial charge >= 0.3 is 0 Å². The first kappa shape index (κ1) is 18.5. The molecule has 0 spiro atoms. The van der Waals surface area contributed by atoms with E-state index in [1.54, 1.807) is 0 Å². The number of amides is 1. The molecule has 3 aromatic rings. The Morgan fingerprint density at radius 2 is 1.90 bits per heavy atom. The largest absolute Gasteiger partial charge is 0.490 e. The SMILES string of the molecule is O=C(NC1CCN(Cc2ccccc2)CC1)c1cc2c(Cl)ccc3c2n1CCO3. The summed E-state index contributed by atoms with van der Waals surface area (Å²) in [5.41, 5.74) is 2.93. The molecule has 0 saturated carbocycles. The fourth-order valence-electron chi connectivity index (χ4n) is 4.43. The predicted molar refractivity (Wildman–Crippen MR) is 115 cm³/mol. The number of nitrogens with one attached hydrogen (secondary N) is 1. The van der Waals surface area contributed by atoms with Crippen molar-refractivity contribution in [1.29, 1.82) is 0 Å². The Hall–Kier alpha value is -2.50. The number of aromatic nitrogens is 1. The van der Waals surface area contributed by atoms with Crippen molar-refractivity contribution in [1.82, 2.24) is 14.8 Å². The molecule has 5 nitrogen and oxygen atoms in total. The van der Waals surface area contributed by atoms with Crippen molar-refractivity contribution >= 4 is 28.4 Å². The Bertz CT molecular complexity index is 1040. The number of piperidine rings is 1. The summed E-state index contributed by atoms with van der Waals surface area (Å²) < 4.78 is 7.78. The maximum absolute atomic E-state index is 13.1.